The van der Waals surface area contributed by atoms with Gasteiger partial charge in [-0.05, 0) is 19.8 Å². The molecule has 0 radical (unpaired) electrons. The largest absolute Gasteiger partial charge is 0.387 e. The molecule has 1 saturated carbocycles. The van der Waals surface area contributed by atoms with E-state index in [1.807, 2.05) is 5.38 Å². The lowest BCUT2D eigenvalue weighted by molar-refractivity contribution is 0.194. The number of thiazole rings is 1. The Morgan fingerprint density at radius 2 is 1.88 bits per heavy atom. The Labute approximate surface area is 102 Å². The number of nitrogens with zero attached hydrogens (tertiary/aromatic N) is 1. The van der Waals surface area contributed by atoms with Gasteiger partial charge in [-0.2, -0.15) is 0 Å². The molecule has 1 heterocycles. The summed E-state index contributed by atoms with van der Waals surface area (Å²) in [6.07, 6.45) is 9.00. The van der Waals surface area contributed by atoms with Crippen LogP contribution in [0.3, 0.4) is 0 Å². The maximum Gasteiger partial charge on any atom is 0.0960 e. The molecule has 1 aliphatic carbocycles. The molecule has 1 atom stereocenters. The van der Waals surface area contributed by atoms with Gasteiger partial charge in [0, 0.05) is 11.3 Å². The molecule has 1 aliphatic rings. The second-order valence-electron chi connectivity index (χ2n) is 4.83. The molecule has 3 heteroatoms. The predicted octanol–water partition coefficient (Wildman–Crippen LogP) is 4.02. The lowest BCUT2D eigenvalue weighted by Crippen LogP contribution is -2.02. The average Bonchev–Trinajstić information content (AvgIpc) is 2.66. The van der Waals surface area contributed by atoms with E-state index in [4.69, 9.17) is 0 Å². The maximum absolute atomic E-state index is 9.48. The molecule has 1 fully saturated rings. The highest BCUT2D eigenvalue weighted by Gasteiger charge is 2.17. The van der Waals surface area contributed by atoms with Crippen molar-refractivity contribution in [2.24, 2.45) is 0 Å². The molecule has 0 aliphatic heterocycles. The minimum Gasteiger partial charge on any atom is -0.387 e. The third-order valence-corrected chi connectivity index (χ3v) is 4.45. The number of aromatic nitrogens is 1. The van der Waals surface area contributed by atoms with Gasteiger partial charge >= 0.3 is 0 Å². The van der Waals surface area contributed by atoms with Crippen LogP contribution in [0.2, 0.25) is 0 Å². The van der Waals surface area contributed by atoms with Gasteiger partial charge in [0.2, 0.25) is 0 Å². The van der Waals surface area contributed by atoms with E-state index in [0.29, 0.717) is 5.92 Å². The van der Waals surface area contributed by atoms with Crippen molar-refractivity contribution in [1.82, 2.24) is 4.98 Å². The molecule has 1 aromatic rings. The van der Waals surface area contributed by atoms with E-state index < -0.39 is 6.10 Å². The maximum atomic E-state index is 9.48. The summed E-state index contributed by atoms with van der Waals surface area (Å²) in [4.78, 5) is 4.57. The van der Waals surface area contributed by atoms with E-state index in [0.717, 1.165) is 5.69 Å². The monoisotopic (exact) mass is 239 g/mol. The van der Waals surface area contributed by atoms with E-state index in [-0.39, 0.29) is 0 Å². The van der Waals surface area contributed by atoms with Crippen LogP contribution in [-0.2, 0) is 0 Å². The highest BCUT2D eigenvalue weighted by atomic mass is 32.1. The summed E-state index contributed by atoms with van der Waals surface area (Å²) in [6, 6.07) is 0. The fourth-order valence-corrected chi connectivity index (χ4v) is 3.46. The van der Waals surface area contributed by atoms with E-state index in [9.17, 15) is 5.11 Å². The highest BCUT2D eigenvalue weighted by Crippen LogP contribution is 2.33. The van der Waals surface area contributed by atoms with Crippen molar-refractivity contribution in [3.8, 4) is 0 Å². The molecule has 16 heavy (non-hydrogen) atoms. The molecular weight excluding hydrogens is 218 g/mol. The van der Waals surface area contributed by atoms with Crippen LogP contribution in [-0.4, -0.2) is 10.1 Å². The van der Waals surface area contributed by atoms with Crippen LogP contribution < -0.4 is 0 Å². The Balaban J connectivity index is 2.02. The first-order valence-corrected chi connectivity index (χ1v) is 7.28. The van der Waals surface area contributed by atoms with E-state index in [2.05, 4.69) is 4.98 Å². The SMILES string of the molecule is CC(O)c1csc(C2CCCCCCC2)n1. The Kier molecular flexibility index (Phi) is 4.36. The molecule has 0 aromatic carbocycles. The van der Waals surface area contributed by atoms with Crippen LogP contribution in [0, 0.1) is 0 Å². The van der Waals surface area contributed by atoms with Gasteiger partial charge in [-0.25, -0.2) is 4.98 Å². The zero-order chi connectivity index (χ0) is 11.4. The first kappa shape index (κ1) is 12.1. The minimum absolute atomic E-state index is 0.418. The number of rotatable bonds is 2. The predicted molar refractivity (Wildman–Crippen MR) is 67.8 cm³/mol. The van der Waals surface area contributed by atoms with Crippen molar-refractivity contribution >= 4 is 11.3 Å². The topological polar surface area (TPSA) is 33.1 Å². The minimum atomic E-state index is -0.418. The van der Waals surface area contributed by atoms with Gasteiger partial charge in [0.1, 0.15) is 0 Å². The van der Waals surface area contributed by atoms with Gasteiger partial charge in [0.05, 0.1) is 16.8 Å². The Hall–Kier alpha value is -0.410. The summed E-state index contributed by atoms with van der Waals surface area (Å²) in [5.41, 5.74) is 0.849. The third-order valence-electron chi connectivity index (χ3n) is 3.42. The fraction of sp³-hybridized carbons (Fsp3) is 0.769. The Bertz CT molecular complexity index is 313. The second kappa shape index (κ2) is 5.78. The summed E-state index contributed by atoms with van der Waals surface area (Å²) in [5, 5.41) is 12.7. The summed E-state index contributed by atoms with van der Waals surface area (Å²) in [6.45, 7) is 1.79. The Morgan fingerprint density at radius 1 is 1.25 bits per heavy atom. The fourth-order valence-electron chi connectivity index (χ4n) is 2.38. The molecule has 1 N–H and O–H groups in total. The molecule has 2 nitrogen and oxygen atoms in total. The average molecular weight is 239 g/mol. The van der Waals surface area contributed by atoms with Gasteiger partial charge in [-0.15, -0.1) is 11.3 Å². The van der Waals surface area contributed by atoms with Gasteiger partial charge in [-0.1, -0.05) is 32.1 Å². The van der Waals surface area contributed by atoms with Crippen molar-refractivity contribution < 1.29 is 5.11 Å². The van der Waals surface area contributed by atoms with Crippen LogP contribution in [0.4, 0.5) is 0 Å². The van der Waals surface area contributed by atoms with Gasteiger partial charge in [0.25, 0.3) is 0 Å². The lowest BCUT2D eigenvalue weighted by Gasteiger charge is -2.17. The van der Waals surface area contributed by atoms with Crippen LogP contribution in [0.1, 0.15) is 74.6 Å². The van der Waals surface area contributed by atoms with Crippen molar-refractivity contribution in [2.45, 2.75) is 63.9 Å². The van der Waals surface area contributed by atoms with Crippen molar-refractivity contribution in [1.29, 1.82) is 0 Å². The van der Waals surface area contributed by atoms with E-state index >= 15 is 0 Å². The molecule has 0 saturated heterocycles. The molecule has 90 valence electrons. The lowest BCUT2D eigenvalue weighted by atomic mass is 9.92. The van der Waals surface area contributed by atoms with Gasteiger partial charge < -0.3 is 5.11 Å². The molecule has 0 amide bonds. The van der Waals surface area contributed by atoms with Crippen molar-refractivity contribution in [3.05, 3.63) is 16.1 Å². The summed E-state index contributed by atoms with van der Waals surface area (Å²) in [5.74, 6) is 0.651. The highest BCUT2D eigenvalue weighted by molar-refractivity contribution is 7.09. The quantitative estimate of drug-likeness (QED) is 0.845. The number of hydrogen-bond donors (Lipinski definition) is 1. The smallest absolute Gasteiger partial charge is 0.0960 e. The number of aliphatic hydroxyl groups is 1. The number of hydrogen-bond acceptors (Lipinski definition) is 3. The molecule has 1 unspecified atom stereocenters. The van der Waals surface area contributed by atoms with E-state index in [1.54, 1.807) is 18.3 Å². The standard InChI is InChI=1S/C13H21NOS/c1-10(15)12-9-16-13(14-12)11-7-5-3-2-4-6-8-11/h9-11,15H,2-8H2,1H3. The molecule has 0 spiro atoms. The zero-order valence-corrected chi connectivity index (χ0v) is 10.8. The Morgan fingerprint density at radius 3 is 2.44 bits per heavy atom. The summed E-state index contributed by atoms with van der Waals surface area (Å²) in [7, 11) is 0. The van der Waals surface area contributed by atoms with Crippen molar-refractivity contribution in [2.75, 3.05) is 0 Å². The van der Waals surface area contributed by atoms with Crippen molar-refractivity contribution in [3.63, 3.8) is 0 Å². The summed E-state index contributed by atoms with van der Waals surface area (Å²) < 4.78 is 0. The van der Waals surface area contributed by atoms with Crippen LogP contribution >= 0.6 is 11.3 Å². The molecule has 2 rings (SSSR count). The van der Waals surface area contributed by atoms with Gasteiger partial charge in [-0.3, -0.25) is 0 Å². The van der Waals surface area contributed by atoms with Crippen LogP contribution in [0.5, 0.6) is 0 Å². The third kappa shape index (κ3) is 3.05. The van der Waals surface area contributed by atoms with Gasteiger partial charge in [0.15, 0.2) is 0 Å². The molecular formula is C13H21NOS. The summed E-state index contributed by atoms with van der Waals surface area (Å²) >= 11 is 1.73. The molecule has 0 bridgehead atoms. The first-order valence-electron chi connectivity index (χ1n) is 6.41. The zero-order valence-electron chi connectivity index (χ0n) is 9.98. The molecule has 1 aromatic heterocycles. The number of aliphatic hydroxyl groups excluding tert-OH is 1. The van der Waals surface area contributed by atoms with Crippen LogP contribution in [0.15, 0.2) is 5.38 Å². The van der Waals surface area contributed by atoms with Crippen LogP contribution in [0.25, 0.3) is 0 Å². The first-order chi connectivity index (χ1) is 7.77. The second-order valence-corrected chi connectivity index (χ2v) is 5.72. The van der Waals surface area contributed by atoms with E-state index in [1.165, 1.54) is 50.0 Å². The normalized spacial score (nSPS) is 21.4.